The van der Waals surface area contributed by atoms with E-state index >= 15 is 0 Å². The first-order chi connectivity index (χ1) is 15.8. The third kappa shape index (κ3) is 8.78. The molecule has 0 saturated carbocycles. The van der Waals surface area contributed by atoms with E-state index in [9.17, 15) is 14.4 Å². The van der Waals surface area contributed by atoms with Crippen molar-refractivity contribution in [2.24, 2.45) is 5.92 Å². The Morgan fingerprint density at radius 2 is 1.73 bits per heavy atom. The highest BCUT2D eigenvalue weighted by Gasteiger charge is 2.23. The summed E-state index contributed by atoms with van der Waals surface area (Å²) in [5, 5.41) is 20.3. The van der Waals surface area contributed by atoms with Gasteiger partial charge in [0.05, 0.1) is 6.61 Å². The number of aliphatic hydroxyl groups is 1. The van der Waals surface area contributed by atoms with Crippen LogP contribution in [0, 0.1) is 5.92 Å². The number of carboxylic acid groups (broad SMARTS) is 1. The van der Waals surface area contributed by atoms with Gasteiger partial charge in [-0.15, -0.1) is 0 Å². The minimum atomic E-state index is -1.01. The molecule has 1 amide bonds. The maximum Gasteiger partial charge on any atom is 0.412 e. The number of amides is 1. The lowest BCUT2D eigenvalue weighted by atomic mass is 9.93. The molecule has 176 valence electrons. The maximum absolute atomic E-state index is 12.6. The Hall–Kier alpha value is -3.65. The molecular formula is C25H29NO7. The monoisotopic (exact) mass is 455 g/mol. The molecule has 0 aliphatic heterocycles. The van der Waals surface area contributed by atoms with Gasteiger partial charge in [-0.25, -0.2) is 9.59 Å². The zero-order valence-electron chi connectivity index (χ0n) is 18.7. The van der Waals surface area contributed by atoms with Crippen LogP contribution in [0.15, 0.2) is 60.7 Å². The summed E-state index contributed by atoms with van der Waals surface area (Å²) in [7, 11) is 0. The summed E-state index contributed by atoms with van der Waals surface area (Å²) < 4.78 is 11.1. The van der Waals surface area contributed by atoms with Gasteiger partial charge in [0.25, 0.3) is 0 Å². The van der Waals surface area contributed by atoms with Gasteiger partial charge in [0.2, 0.25) is 0 Å². The third-order valence-electron chi connectivity index (χ3n) is 4.91. The quantitative estimate of drug-likeness (QED) is 0.316. The molecule has 0 heterocycles. The van der Waals surface area contributed by atoms with Crippen molar-refractivity contribution >= 4 is 23.5 Å². The molecule has 0 radical (unpaired) electrons. The van der Waals surface area contributed by atoms with Crippen LogP contribution < -0.4 is 10.1 Å². The van der Waals surface area contributed by atoms with Crippen LogP contribution in [0.5, 0.6) is 5.75 Å². The summed E-state index contributed by atoms with van der Waals surface area (Å²) >= 11 is 0. The Bertz CT molecular complexity index is 952. The number of hydrogen-bond acceptors (Lipinski definition) is 6. The number of ketones is 1. The van der Waals surface area contributed by atoms with E-state index in [0.717, 1.165) is 11.6 Å². The summed E-state index contributed by atoms with van der Waals surface area (Å²) in [5.74, 6) is -0.609. The van der Waals surface area contributed by atoms with Gasteiger partial charge in [-0.2, -0.15) is 0 Å². The van der Waals surface area contributed by atoms with Crippen molar-refractivity contribution in [3.63, 3.8) is 0 Å². The van der Waals surface area contributed by atoms with E-state index < -0.39 is 18.2 Å². The third-order valence-corrected chi connectivity index (χ3v) is 4.91. The van der Waals surface area contributed by atoms with Crippen LogP contribution in [0.2, 0.25) is 0 Å². The molecule has 3 N–H and O–H groups in total. The maximum atomic E-state index is 12.6. The van der Waals surface area contributed by atoms with Gasteiger partial charge >= 0.3 is 12.1 Å². The Labute approximate surface area is 192 Å². The Balaban J connectivity index is 2.12. The standard InChI is InChI=1S/C25H29NO7/c1-17(5-3-4-6-23(29)30)24(20-9-13-22(14-10-20)32-16-15-27)33-25(31)26-21-11-7-19(8-12-21)18(2)28/h4,6-14,17,24,27H,3,5,15-16H2,1-2H3,(H,26,31)(H,29,30)/b6-4+/t17-,24-/m1/s1. The molecule has 0 saturated heterocycles. The van der Waals surface area contributed by atoms with Crippen LogP contribution in [0.3, 0.4) is 0 Å². The average Bonchev–Trinajstić information content (AvgIpc) is 2.79. The summed E-state index contributed by atoms with van der Waals surface area (Å²) in [5.41, 5.74) is 1.79. The number of carbonyl (C=O) groups excluding carboxylic acids is 2. The van der Waals surface area contributed by atoms with Gasteiger partial charge in [-0.05, 0) is 67.6 Å². The molecule has 0 fully saturated rings. The van der Waals surface area contributed by atoms with E-state index in [2.05, 4.69) is 5.32 Å². The molecule has 2 aromatic rings. The highest BCUT2D eigenvalue weighted by molar-refractivity contribution is 5.95. The second-order valence-corrected chi connectivity index (χ2v) is 7.52. The Kier molecular flexibility index (Phi) is 10.1. The second-order valence-electron chi connectivity index (χ2n) is 7.52. The van der Waals surface area contributed by atoms with Crippen molar-refractivity contribution in [1.82, 2.24) is 0 Å². The number of anilines is 1. The molecule has 0 aromatic heterocycles. The first-order valence-electron chi connectivity index (χ1n) is 10.6. The number of carbonyl (C=O) groups is 3. The molecule has 0 spiro atoms. The van der Waals surface area contributed by atoms with Crippen LogP contribution in [-0.4, -0.2) is 41.3 Å². The predicted octanol–water partition coefficient (Wildman–Crippen LogP) is 4.61. The molecule has 0 unspecified atom stereocenters. The zero-order valence-corrected chi connectivity index (χ0v) is 18.7. The second kappa shape index (κ2) is 13.0. The molecule has 0 aliphatic carbocycles. The van der Waals surface area contributed by atoms with Crippen molar-refractivity contribution in [1.29, 1.82) is 0 Å². The van der Waals surface area contributed by atoms with E-state index in [1.807, 2.05) is 6.92 Å². The molecular weight excluding hydrogens is 426 g/mol. The number of ether oxygens (including phenoxy) is 2. The predicted molar refractivity (Wildman–Crippen MR) is 123 cm³/mol. The van der Waals surface area contributed by atoms with E-state index in [4.69, 9.17) is 19.7 Å². The normalized spacial score (nSPS) is 12.7. The largest absolute Gasteiger partial charge is 0.491 e. The number of rotatable bonds is 12. The van der Waals surface area contributed by atoms with Crippen molar-refractivity contribution < 1.29 is 34.1 Å². The van der Waals surface area contributed by atoms with E-state index in [-0.39, 0.29) is 24.9 Å². The lowest BCUT2D eigenvalue weighted by molar-refractivity contribution is -0.131. The van der Waals surface area contributed by atoms with Crippen molar-refractivity contribution in [2.45, 2.75) is 32.8 Å². The van der Waals surface area contributed by atoms with Gasteiger partial charge in [-0.1, -0.05) is 25.1 Å². The zero-order chi connectivity index (χ0) is 24.2. The van der Waals surface area contributed by atoms with E-state index in [0.29, 0.717) is 29.8 Å². The van der Waals surface area contributed by atoms with Gasteiger partial charge < -0.3 is 19.7 Å². The van der Waals surface area contributed by atoms with Crippen molar-refractivity contribution in [2.75, 3.05) is 18.5 Å². The van der Waals surface area contributed by atoms with Crippen LogP contribution >= 0.6 is 0 Å². The van der Waals surface area contributed by atoms with Gasteiger partial charge in [0.1, 0.15) is 18.5 Å². The molecule has 2 rings (SSSR count). The highest BCUT2D eigenvalue weighted by Crippen LogP contribution is 2.31. The SMILES string of the molecule is CC(=O)c1ccc(NC(=O)O[C@@H](c2ccc(OCCO)cc2)[C@H](C)CC/C=C/C(=O)O)cc1. The molecule has 2 atom stereocenters. The molecule has 33 heavy (non-hydrogen) atoms. The average molecular weight is 456 g/mol. The van der Waals surface area contributed by atoms with E-state index in [1.54, 1.807) is 54.6 Å². The van der Waals surface area contributed by atoms with E-state index in [1.165, 1.54) is 6.92 Å². The van der Waals surface area contributed by atoms with Crippen LogP contribution in [0.1, 0.15) is 48.7 Å². The van der Waals surface area contributed by atoms with Crippen LogP contribution in [-0.2, 0) is 9.53 Å². The summed E-state index contributed by atoms with van der Waals surface area (Å²) in [6.45, 7) is 3.47. The lowest BCUT2D eigenvalue weighted by Gasteiger charge is -2.25. The fraction of sp³-hybridized carbons (Fsp3) is 0.320. The number of aliphatic hydroxyl groups excluding tert-OH is 1. The lowest BCUT2D eigenvalue weighted by Crippen LogP contribution is -2.22. The minimum Gasteiger partial charge on any atom is -0.491 e. The minimum absolute atomic E-state index is 0.0682. The fourth-order valence-electron chi connectivity index (χ4n) is 3.18. The molecule has 0 aliphatic rings. The Morgan fingerprint density at radius 3 is 2.30 bits per heavy atom. The Morgan fingerprint density at radius 1 is 1.06 bits per heavy atom. The molecule has 8 heteroatoms. The number of hydrogen-bond donors (Lipinski definition) is 3. The number of benzene rings is 2. The number of allylic oxidation sites excluding steroid dienone is 1. The van der Waals surface area contributed by atoms with Gasteiger partial charge in [0, 0.05) is 17.3 Å². The van der Waals surface area contributed by atoms with Crippen LogP contribution in [0.4, 0.5) is 10.5 Å². The van der Waals surface area contributed by atoms with Crippen LogP contribution in [0.25, 0.3) is 0 Å². The summed E-state index contributed by atoms with van der Waals surface area (Å²) in [4.78, 5) is 34.7. The van der Waals surface area contributed by atoms with Crippen molar-refractivity contribution in [3.05, 3.63) is 71.8 Å². The smallest absolute Gasteiger partial charge is 0.412 e. The number of nitrogens with one attached hydrogen (secondary N) is 1. The first kappa shape index (κ1) is 25.6. The molecule has 0 bridgehead atoms. The highest BCUT2D eigenvalue weighted by atomic mass is 16.6. The molecule has 8 nitrogen and oxygen atoms in total. The van der Waals surface area contributed by atoms with Gasteiger partial charge in [-0.3, -0.25) is 10.1 Å². The van der Waals surface area contributed by atoms with Gasteiger partial charge in [0.15, 0.2) is 5.78 Å². The number of aliphatic carboxylic acids is 1. The number of carboxylic acids is 1. The fourth-order valence-corrected chi connectivity index (χ4v) is 3.18. The topological polar surface area (TPSA) is 122 Å². The first-order valence-corrected chi connectivity index (χ1v) is 10.6. The molecule has 2 aromatic carbocycles. The summed E-state index contributed by atoms with van der Waals surface area (Å²) in [6, 6.07) is 13.5. The summed E-state index contributed by atoms with van der Waals surface area (Å²) in [6.07, 6.45) is 2.53. The number of Topliss-reactive ketones (excluding diaryl/α,β-unsaturated/α-hetero) is 1. The van der Waals surface area contributed by atoms with Crippen molar-refractivity contribution in [3.8, 4) is 5.75 Å².